The van der Waals surface area contributed by atoms with E-state index in [-0.39, 0.29) is 70.6 Å². The first kappa shape index (κ1) is 53.0. The zero-order chi connectivity index (χ0) is 45.4. The highest BCUT2D eigenvalue weighted by atomic mass is 16.3. The van der Waals surface area contributed by atoms with Crippen molar-refractivity contribution >= 4 is 53.2 Å². The third kappa shape index (κ3) is 18.1. The minimum Gasteiger partial charge on any atom is -0.391 e. The van der Waals surface area contributed by atoms with Gasteiger partial charge in [-0.2, -0.15) is 0 Å². The number of rotatable bonds is 29. The van der Waals surface area contributed by atoms with Crippen molar-refractivity contribution in [2.45, 2.75) is 128 Å². The summed E-state index contributed by atoms with van der Waals surface area (Å²) in [5, 5.41) is 33.3. The van der Waals surface area contributed by atoms with Gasteiger partial charge in [0, 0.05) is 19.0 Å². The second-order valence-electron chi connectivity index (χ2n) is 14.4. The van der Waals surface area contributed by atoms with E-state index in [1.54, 1.807) is 13.8 Å². The van der Waals surface area contributed by atoms with E-state index >= 15 is 0 Å². The number of hydrogen-bond donors (Lipinski definition) is 13. The minimum atomic E-state index is -1.31. The van der Waals surface area contributed by atoms with Gasteiger partial charge in [-0.3, -0.25) is 43.2 Å². The molecule has 8 unspecified atom stereocenters. The Morgan fingerprint density at radius 1 is 0.683 bits per heavy atom. The molecule has 0 spiro atoms. The third-order valence-corrected chi connectivity index (χ3v) is 9.46. The summed E-state index contributed by atoms with van der Waals surface area (Å²) in [6.45, 7) is 8.61. The molecule has 0 aromatic rings. The van der Waals surface area contributed by atoms with Crippen molar-refractivity contribution in [3.63, 3.8) is 0 Å². The second kappa shape index (κ2) is 28.5. The summed E-state index contributed by atoms with van der Waals surface area (Å²) in [4.78, 5) is 118. The lowest BCUT2D eigenvalue weighted by Gasteiger charge is -2.32. The summed E-state index contributed by atoms with van der Waals surface area (Å²) >= 11 is 0. The first-order chi connectivity index (χ1) is 28.5. The molecule has 23 heteroatoms. The Morgan fingerprint density at radius 2 is 1.23 bits per heavy atom. The minimum absolute atomic E-state index is 0.00468. The zero-order valence-corrected chi connectivity index (χ0v) is 35.5. The van der Waals surface area contributed by atoms with E-state index in [0.717, 1.165) is 0 Å². The van der Waals surface area contributed by atoms with Crippen molar-refractivity contribution in [1.29, 1.82) is 0 Å². The molecule has 1 aliphatic heterocycles. The number of nitrogens with zero attached hydrogens (tertiary/aromatic N) is 1. The van der Waals surface area contributed by atoms with Crippen molar-refractivity contribution in [2.75, 3.05) is 52.4 Å². The predicted molar refractivity (Wildman–Crippen MR) is 220 cm³/mol. The smallest absolute Gasteiger partial charge is 0.246 e. The van der Waals surface area contributed by atoms with E-state index in [0.29, 0.717) is 19.5 Å². The van der Waals surface area contributed by atoms with Gasteiger partial charge in [0.1, 0.15) is 36.3 Å². The van der Waals surface area contributed by atoms with Gasteiger partial charge in [-0.1, -0.05) is 13.8 Å². The summed E-state index contributed by atoms with van der Waals surface area (Å²) in [7, 11) is 0. The molecule has 60 heavy (non-hydrogen) atoms. The number of likely N-dealkylation sites (tertiary alicyclic amines) is 1. The van der Waals surface area contributed by atoms with Crippen LogP contribution in [0.25, 0.3) is 0 Å². The Labute approximate surface area is 351 Å². The van der Waals surface area contributed by atoms with Gasteiger partial charge in [0.25, 0.3) is 0 Å². The van der Waals surface area contributed by atoms with Crippen LogP contribution in [0.1, 0.15) is 79.6 Å². The van der Waals surface area contributed by atoms with Crippen LogP contribution < -0.4 is 65.1 Å². The van der Waals surface area contributed by atoms with Gasteiger partial charge in [-0.05, 0) is 92.0 Å². The molecule has 342 valence electrons. The molecule has 1 heterocycles. The van der Waals surface area contributed by atoms with Gasteiger partial charge in [0.15, 0.2) is 0 Å². The van der Waals surface area contributed by atoms with E-state index in [1.807, 2.05) is 13.8 Å². The van der Waals surface area contributed by atoms with E-state index in [1.165, 1.54) is 11.8 Å². The Balaban J connectivity index is 2.89. The van der Waals surface area contributed by atoms with Gasteiger partial charge in [0.05, 0.1) is 19.2 Å². The maximum absolute atomic E-state index is 13.6. The Kier molecular flexibility index (Phi) is 25.2. The van der Waals surface area contributed by atoms with E-state index in [2.05, 4.69) is 47.9 Å². The lowest BCUT2D eigenvalue weighted by molar-refractivity contribution is -0.142. The highest BCUT2D eigenvalue weighted by molar-refractivity contribution is 5.97. The van der Waals surface area contributed by atoms with Crippen molar-refractivity contribution in [2.24, 2.45) is 17.2 Å². The molecule has 8 atom stereocenters. The molecule has 1 saturated heterocycles. The molecular formula is C37H69N13O10. The van der Waals surface area contributed by atoms with E-state index in [4.69, 9.17) is 17.2 Å². The highest BCUT2D eigenvalue weighted by Crippen LogP contribution is 2.24. The number of carbonyl (C=O) groups excluding carboxylic acids is 9. The van der Waals surface area contributed by atoms with E-state index in [9.17, 15) is 48.3 Å². The lowest BCUT2D eigenvalue weighted by Crippen LogP contribution is -2.60. The SMILES string of the molecule is CCCC(=O)NC(CCNCC)C(=O)NCC(=O)NC(CCN)C(=O)NCC(=O)NC1CC(C)N(C(CCN)C(=O)NC(CCN)C(=O)NC(C(=O)NCC)C(C)O)C1=O. The number of aliphatic hydroxyl groups excluding tert-OH is 1. The van der Waals surface area contributed by atoms with Crippen LogP contribution in [0.3, 0.4) is 0 Å². The summed E-state index contributed by atoms with van der Waals surface area (Å²) in [6, 6.07) is -7.40. The van der Waals surface area contributed by atoms with E-state index < -0.39 is 109 Å². The molecule has 0 radical (unpaired) electrons. The number of nitrogens with two attached hydrogens (primary N) is 3. The van der Waals surface area contributed by atoms with Gasteiger partial charge < -0.3 is 75.1 Å². The Bertz CT molecular complexity index is 1450. The number of aliphatic hydroxyl groups is 1. The average molecular weight is 856 g/mol. The van der Waals surface area contributed by atoms with Gasteiger partial charge in [0.2, 0.25) is 53.2 Å². The van der Waals surface area contributed by atoms with Crippen LogP contribution in [0.5, 0.6) is 0 Å². The standard InChI is InChI=1S/C37H69N13O10/c1-6-9-28(52)45-25(13-17-41-7-2)33(56)44-19-29(53)46-23(10-14-38)32(55)43-20-30(54)47-26-18-21(4)50(37(26)60)27(12-16-40)35(58)48-24(11-15-39)34(57)49-31(22(5)51)36(59)42-8-3/h21-27,31,41,51H,6-20,38-40H2,1-5H3,(H,42,59)(H,43,55)(H,44,56)(H,45,52)(H,46,53)(H,47,54)(H,48,58)(H,49,57). The van der Waals surface area contributed by atoms with Crippen LogP contribution >= 0.6 is 0 Å². The zero-order valence-electron chi connectivity index (χ0n) is 35.5. The van der Waals surface area contributed by atoms with Gasteiger partial charge in [-0.25, -0.2) is 0 Å². The summed E-state index contributed by atoms with van der Waals surface area (Å²) < 4.78 is 0. The van der Waals surface area contributed by atoms with Gasteiger partial charge in [-0.15, -0.1) is 0 Å². The maximum atomic E-state index is 13.6. The summed E-state index contributed by atoms with van der Waals surface area (Å²) in [5.74, 6) is -5.82. The molecule has 1 aliphatic rings. The topological polar surface area (TPSA) is 363 Å². The molecule has 23 nitrogen and oxygen atoms in total. The van der Waals surface area contributed by atoms with Crippen LogP contribution in [0, 0.1) is 0 Å². The van der Waals surface area contributed by atoms with Crippen LogP contribution in [0.15, 0.2) is 0 Å². The second-order valence-corrected chi connectivity index (χ2v) is 14.4. The molecule has 16 N–H and O–H groups in total. The lowest BCUT2D eigenvalue weighted by atomic mass is 10.1. The monoisotopic (exact) mass is 856 g/mol. The Hall–Kier alpha value is -4.97. The van der Waals surface area contributed by atoms with Crippen molar-refractivity contribution in [3.8, 4) is 0 Å². The largest absolute Gasteiger partial charge is 0.391 e. The number of amides is 9. The van der Waals surface area contributed by atoms with Gasteiger partial charge >= 0.3 is 0 Å². The normalized spacial score (nSPS) is 17.8. The van der Waals surface area contributed by atoms with Crippen LogP contribution in [0.4, 0.5) is 0 Å². The number of hydrogen-bond acceptors (Lipinski definition) is 14. The predicted octanol–water partition coefficient (Wildman–Crippen LogP) is -6.00. The fourth-order valence-electron chi connectivity index (χ4n) is 6.43. The fraction of sp³-hybridized carbons (Fsp3) is 0.757. The molecule has 9 amide bonds. The van der Waals surface area contributed by atoms with Crippen molar-refractivity contribution < 1.29 is 48.3 Å². The first-order valence-electron chi connectivity index (χ1n) is 20.6. The maximum Gasteiger partial charge on any atom is 0.246 e. The van der Waals surface area contributed by atoms with Crippen LogP contribution in [-0.2, 0) is 43.2 Å². The number of carbonyl (C=O) groups is 9. The summed E-state index contributed by atoms with van der Waals surface area (Å²) in [5.41, 5.74) is 17.2. The fourth-order valence-corrected chi connectivity index (χ4v) is 6.43. The Morgan fingerprint density at radius 3 is 1.77 bits per heavy atom. The molecule has 1 fully saturated rings. The van der Waals surface area contributed by atoms with Crippen LogP contribution in [-0.4, -0.2) is 164 Å². The van der Waals surface area contributed by atoms with Crippen molar-refractivity contribution in [1.82, 2.24) is 52.8 Å². The molecule has 0 aromatic heterocycles. The number of likely N-dealkylation sites (N-methyl/N-ethyl adjacent to an activating group) is 1. The molecule has 0 saturated carbocycles. The average Bonchev–Trinajstić information content (AvgIpc) is 3.46. The van der Waals surface area contributed by atoms with Crippen molar-refractivity contribution in [3.05, 3.63) is 0 Å². The molecular weight excluding hydrogens is 786 g/mol. The quantitative estimate of drug-likeness (QED) is 0.0312. The summed E-state index contributed by atoms with van der Waals surface area (Å²) in [6.07, 6.45) is -0.0974. The first-order valence-corrected chi connectivity index (χ1v) is 20.6. The molecule has 0 bridgehead atoms. The molecule has 1 rings (SSSR count). The van der Waals surface area contributed by atoms with Crippen LogP contribution in [0.2, 0.25) is 0 Å². The third-order valence-electron chi connectivity index (χ3n) is 9.46. The molecule has 0 aliphatic carbocycles. The molecule has 0 aromatic carbocycles. The number of nitrogens with one attached hydrogen (secondary N) is 9. The highest BCUT2D eigenvalue weighted by Gasteiger charge is 2.44.